The molecule has 16 heteroatoms. The van der Waals surface area contributed by atoms with Gasteiger partial charge in [-0.3, -0.25) is 24.4 Å². The fraction of sp³-hybridized carbons (Fsp3) is 0.500. The van der Waals surface area contributed by atoms with Crippen LogP contribution in [-0.4, -0.2) is 125 Å². The van der Waals surface area contributed by atoms with E-state index in [9.17, 15) is 19.2 Å². The predicted octanol–water partition coefficient (Wildman–Crippen LogP) is 5.27. The summed E-state index contributed by atoms with van der Waals surface area (Å²) in [5.74, 6) is -1.31. The molecule has 0 spiro atoms. The average Bonchev–Trinajstić information content (AvgIpc) is 3.82. The van der Waals surface area contributed by atoms with Gasteiger partial charge in [0.1, 0.15) is 29.6 Å². The van der Waals surface area contributed by atoms with Crippen LogP contribution in [0.4, 0.5) is 4.79 Å². The SMILES string of the molecule is C=C(OC)c1ncccc1-c1[nH]c2ccc3cc2c1CC(C)(C)COC(=O)[C@H]1NN(CC[C@@H]1C)C(=O)C(NC(=O)[C@H](C(C)C)N(C)C(=O)N1CC(OC)C1)Cc1nc-3cs1. The second-order valence-electron chi connectivity index (χ2n) is 17.3. The van der Waals surface area contributed by atoms with Gasteiger partial charge in [0.2, 0.25) is 5.91 Å². The van der Waals surface area contributed by atoms with Gasteiger partial charge in [-0.25, -0.2) is 15.2 Å². The minimum atomic E-state index is -1.06. The molecule has 7 rings (SSSR count). The molecule has 320 valence electrons. The molecule has 4 atom stereocenters. The van der Waals surface area contributed by atoms with Gasteiger partial charge >= 0.3 is 12.0 Å². The number of hydrogen-bond donors (Lipinski definition) is 3. The standard InChI is InChI=1S/C44H56N8O7S/c1-24(2)39(50(7)43(56)51-20-28(21-51)58-9)40(53)48-33-18-35-46-34(22-60-35)27-12-13-32-30(17-27)31(38(47-32)29-11-10-15-45-37(29)26(4)57-8)19-44(5,6)23-59-42(55)36-25(3)14-16-52(49-36)41(33)54/h10-13,15,17,22,24-25,28,33,36,39,47,49H,4,14,16,18-21,23H2,1-3,5-9H3,(H,48,53)/t25-,33?,36-,39-/m0/s1. The molecular weight excluding hydrogens is 785 g/mol. The zero-order valence-corrected chi connectivity index (χ0v) is 36.5. The number of methoxy groups -OCH3 is 2. The number of fused-ring (bicyclic) bond motifs is 6. The van der Waals surface area contributed by atoms with Gasteiger partial charge in [-0.2, -0.15) is 0 Å². The fourth-order valence-corrected chi connectivity index (χ4v) is 9.17. The number of likely N-dealkylation sites (tertiary alicyclic amines) is 1. The van der Waals surface area contributed by atoms with E-state index in [4.69, 9.17) is 19.2 Å². The molecule has 15 nitrogen and oxygen atoms in total. The molecule has 1 aromatic carbocycles. The number of carbonyl (C=O) groups is 4. The van der Waals surface area contributed by atoms with Crippen molar-refractivity contribution in [3.8, 4) is 22.5 Å². The summed E-state index contributed by atoms with van der Waals surface area (Å²) in [7, 11) is 4.79. The highest BCUT2D eigenvalue weighted by atomic mass is 32.1. The lowest BCUT2D eigenvalue weighted by Crippen LogP contribution is -2.64. The first-order chi connectivity index (χ1) is 28.6. The Morgan fingerprint density at radius 1 is 1.17 bits per heavy atom. The number of esters is 1. The van der Waals surface area contributed by atoms with Crippen LogP contribution in [0.25, 0.3) is 39.2 Å². The van der Waals surface area contributed by atoms with Crippen LogP contribution in [0.5, 0.6) is 0 Å². The second kappa shape index (κ2) is 17.3. The van der Waals surface area contributed by atoms with E-state index in [1.54, 1.807) is 32.4 Å². The first-order valence-electron chi connectivity index (χ1n) is 20.5. The van der Waals surface area contributed by atoms with Crippen molar-refractivity contribution in [3.63, 3.8) is 0 Å². The molecule has 3 aliphatic heterocycles. The van der Waals surface area contributed by atoms with Gasteiger partial charge in [0, 0.05) is 66.1 Å². The Morgan fingerprint density at radius 2 is 1.93 bits per heavy atom. The summed E-state index contributed by atoms with van der Waals surface area (Å²) in [6.45, 7) is 15.2. The number of urea groups is 1. The molecule has 4 aromatic rings. The van der Waals surface area contributed by atoms with Crippen molar-refractivity contribution in [2.75, 3.05) is 47.5 Å². The number of hydrogen-bond acceptors (Lipinski definition) is 11. The van der Waals surface area contributed by atoms with Crippen molar-refractivity contribution < 1.29 is 33.4 Å². The van der Waals surface area contributed by atoms with E-state index < -0.39 is 41.3 Å². The molecule has 60 heavy (non-hydrogen) atoms. The van der Waals surface area contributed by atoms with Crippen LogP contribution < -0.4 is 10.7 Å². The van der Waals surface area contributed by atoms with Crippen LogP contribution in [0.15, 0.2) is 48.5 Å². The summed E-state index contributed by atoms with van der Waals surface area (Å²) in [4.78, 5) is 72.5. The van der Waals surface area contributed by atoms with Crippen molar-refractivity contribution in [1.29, 1.82) is 0 Å². The highest BCUT2D eigenvalue weighted by molar-refractivity contribution is 7.10. The maximum absolute atomic E-state index is 14.5. The molecular formula is C44H56N8O7S. The van der Waals surface area contributed by atoms with Crippen molar-refractivity contribution in [1.82, 2.24) is 40.5 Å². The molecule has 1 unspecified atom stereocenters. The summed E-state index contributed by atoms with van der Waals surface area (Å²) in [6.07, 6.45) is 2.83. The number of nitrogens with one attached hydrogen (secondary N) is 3. The molecule has 3 aliphatic rings. The molecule has 6 heterocycles. The summed E-state index contributed by atoms with van der Waals surface area (Å²) in [5, 5.41) is 8.01. The van der Waals surface area contributed by atoms with Gasteiger partial charge in [-0.15, -0.1) is 11.3 Å². The first kappa shape index (κ1) is 42.8. The number of pyridine rings is 1. The predicted molar refractivity (Wildman–Crippen MR) is 229 cm³/mol. The maximum atomic E-state index is 14.5. The lowest BCUT2D eigenvalue weighted by Gasteiger charge is -2.42. The maximum Gasteiger partial charge on any atom is 0.325 e. The van der Waals surface area contributed by atoms with E-state index in [0.29, 0.717) is 48.9 Å². The summed E-state index contributed by atoms with van der Waals surface area (Å²) >= 11 is 1.40. The normalized spacial score (nSPS) is 21.5. The fourth-order valence-electron chi connectivity index (χ4n) is 8.32. The number of amides is 4. The van der Waals surface area contributed by atoms with Crippen LogP contribution in [0.2, 0.25) is 0 Å². The lowest BCUT2D eigenvalue weighted by atomic mass is 9.84. The van der Waals surface area contributed by atoms with Crippen LogP contribution in [-0.2, 0) is 41.4 Å². The van der Waals surface area contributed by atoms with Crippen LogP contribution >= 0.6 is 11.3 Å². The number of cyclic esters (lactones) is 1. The highest BCUT2D eigenvalue weighted by Crippen LogP contribution is 2.39. The topological polar surface area (TPSA) is 171 Å². The van der Waals surface area contributed by atoms with E-state index in [0.717, 1.165) is 39.0 Å². The minimum absolute atomic E-state index is 0.0412. The van der Waals surface area contributed by atoms with E-state index in [-0.39, 0.29) is 37.0 Å². The quantitative estimate of drug-likeness (QED) is 0.157. The second-order valence-corrected chi connectivity index (χ2v) is 18.3. The molecule has 2 fully saturated rings. The highest BCUT2D eigenvalue weighted by Gasteiger charge is 2.41. The van der Waals surface area contributed by atoms with Crippen LogP contribution in [0.1, 0.15) is 57.3 Å². The lowest BCUT2D eigenvalue weighted by molar-refractivity contribution is -0.157. The number of carbonyl (C=O) groups excluding carboxylic acids is 4. The number of H-pyrrole nitrogens is 1. The van der Waals surface area contributed by atoms with Gasteiger partial charge in [-0.05, 0) is 54.5 Å². The third-order valence-electron chi connectivity index (χ3n) is 11.9. The molecule has 4 amide bonds. The molecule has 3 aromatic heterocycles. The Morgan fingerprint density at radius 3 is 2.65 bits per heavy atom. The number of rotatable bonds is 8. The Labute approximate surface area is 354 Å². The number of benzene rings is 1. The number of hydrazine groups is 1. The van der Waals surface area contributed by atoms with Gasteiger partial charge in [0.25, 0.3) is 5.91 Å². The first-order valence-corrected chi connectivity index (χ1v) is 21.3. The zero-order valence-electron chi connectivity index (χ0n) is 35.7. The number of aromatic amines is 1. The molecule has 0 radical (unpaired) electrons. The third kappa shape index (κ3) is 8.63. The third-order valence-corrected chi connectivity index (χ3v) is 12.7. The van der Waals surface area contributed by atoms with Gasteiger partial charge in [0.05, 0.1) is 49.3 Å². The Kier molecular flexibility index (Phi) is 12.4. The monoisotopic (exact) mass is 840 g/mol. The number of nitrogens with zero attached hydrogens (tertiary/aromatic N) is 5. The Bertz CT molecular complexity index is 2280. The van der Waals surface area contributed by atoms with Crippen molar-refractivity contribution in [2.45, 2.75) is 78.1 Å². The summed E-state index contributed by atoms with van der Waals surface area (Å²) < 4.78 is 17.0. The Hall–Kier alpha value is -5.32. The van der Waals surface area contributed by atoms with E-state index in [1.807, 2.05) is 50.4 Å². The van der Waals surface area contributed by atoms with Crippen molar-refractivity contribution >= 4 is 51.8 Å². The van der Waals surface area contributed by atoms with E-state index >= 15 is 0 Å². The van der Waals surface area contributed by atoms with Crippen molar-refractivity contribution in [3.05, 3.63) is 64.8 Å². The number of thiazole rings is 1. The summed E-state index contributed by atoms with van der Waals surface area (Å²) in [6, 6.07) is 6.99. The van der Waals surface area contributed by atoms with Crippen molar-refractivity contribution in [2.24, 2.45) is 17.3 Å². The molecule has 0 aliphatic carbocycles. The number of ether oxygens (including phenoxy) is 3. The average molecular weight is 841 g/mol. The zero-order chi connectivity index (χ0) is 43.0. The molecule has 0 saturated carbocycles. The van der Waals surface area contributed by atoms with Gasteiger partial charge in [-0.1, -0.05) is 47.3 Å². The molecule has 6 bridgehead atoms. The van der Waals surface area contributed by atoms with Crippen LogP contribution in [0.3, 0.4) is 0 Å². The van der Waals surface area contributed by atoms with E-state index in [2.05, 4.69) is 47.2 Å². The summed E-state index contributed by atoms with van der Waals surface area (Å²) in [5.41, 5.74) is 8.47. The van der Waals surface area contributed by atoms with Gasteiger partial charge < -0.3 is 34.3 Å². The van der Waals surface area contributed by atoms with Gasteiger partial charge in [0.15, 0.2) is 0 Å². The van der Waals surface area contributed by atoms with E-state index in [1.165, 1.54) is 21.2 Å². The molecule has 3 N–H and O–H groups in total. The van der Waals surface area contributed by atoms with Crippen LogP contribution in [0, 0.1) is 17.3 Å². The number of likely N-dealkylation sites (N-methyl/N-ethyl adjacent to an activating group) is 1. The number of aromatic nitrogens is 3. The minimum Gasteiger partial charge on any atom is -0.495 e. The Balaban J connectivity index is 1.27. The smallest absolute Gasteiger partial charge is 0.325 e. The molecule has 2 saturated heterocycles. The largest absolute Gasteiger partial charge is 0.495 e.